The molecule has 1 aliphatic rings. The largest absolute Gasteiger partial charge is 0.361 e. The highest BCUT2D eigenvalue weighted by atomic mass is 16.5. The van der Waals surface area contributed by atoms with E-state index in [0.29, 0.717) is 22.7 Å². The number of rotatable bonds is 4. The maximum Gasteiger partial charge on any atom is 0.273 e. The third kappa shape index (κ3) is 3.09. The Hall–Kier alpha value is -2.67. The second kappa shape index (κ2) is 5.85. The van der Waals surface area contributed by atoms with Crippen LogP contribution in [0.4, 0.5) is 0 Å². The van der Waals surface area contributed by atoms with E-state index in [-0.39, 0.29) is 5.91 Å². The summed E-state index contributed by atoms with van der Waals surface area (Å²) in [6.45, 7) is 4.65. The number of H-pyrrole nitrogens is 1. The van der Waals surface area contributed by atoms with Crippen LogP contribution in [-0.2, 0) is 11.3 Å². The molecule has 2 N–H and O–H groups in total. The maximum absolute atomic E-state index is 12.1. The van der Waals surface area contributed by atoms with Crippen molar-refractivity contribution < 1.29 is 9.32 Å². The van der Waals surface area contributed by atoms with Gasteiger partial charge in [-0.1, -0.05) is 5.16 Å². The van der Waals surface area contributed by atoms with Crippen LogP contribution in [0.25, 0.3) is 6.08 Å². The average molecular weight is 313 g/mol. The molecule has 1 amide bonds. The monoisotopic (exact) mass is 313 g/mol. The summed E-state index contributed by atoms with van der Waals surface area (Å²) in [4.78, 5) is 17.5. The van der Waals surface area contributed by atoms with Crippen molar-refractivity contribution in [3.8, 4) is 0 Å². The molecule has 0 bridgehead atoms. The van der Waals surface area contributed by atoms with Crippen molar-refractivity contribution in [3.05, 3.63) is 46.1 Å². The molecule has 0 fully saturated rings. The van der Waals surface area contributed by atoms with E-state index in [1.807, 2.05) is 27.1 Å². The second-order valence-electron chi connectivity index (χ2n) is 5.89. The quantitative estimate of drug-likeness (QED) is 0.839. The summed E-state index contributed by atoms with van der Waals surface area (Å²) in [6.07, 6.45) is 1.79. The number of carbonyl (C=O) groups excluding carboxylic acids is 1. The first-order valence-corrected chi connectivity index (χ1v) is 7.31. The molecule has 0 aromatic carbocycles. The number of aromatic nitrogens is 2. The lowest BCUT2D eigenvalue weighted by Crippen LogP contribution is -2.13. The first kappa shape index (κ1) is 15.2. The van der Waals surface area contributed by atoms with Crippen LogP contribution in [0.3, 0.4) is 0 Å². The third-order valence-corrected chi connectivity index (χ3v) is 3.57. The molecule has 7 heteroatoms. The van der Waals surface area contributed by atoms with Gasteiger partial charge in [0.15, 0.2) is 0 Å². The number of amides is 1. The number of aryl methyl sites for hydroxylation is 2. The van der Waals surface area contributed by atoms with Gasteiger partial charge in [0.05, 0.1) is 5.57 Å². The number of hydrogen-bond donors (Lipinski definition) is 2. The fourth-order valence-corrected chi connectivity index (χ4v) is 2.51. The van der Waals surface area contributed by atoms with Gasteiger partial charge < -0.3 is 14.4 Å². The lowest BCUT2D eigenvalue weighted by molar-refractivity contribution is -0.116. The zero-order chi connectivity index (χ0) is 16.6. The fraction of sp³-hybridized carbons (Fsp3) is 0.312. The number of hydrazone groups is 1. The summed E-state index contributed by atoms with van der Waals surface area (Å²) < 4.78 is 5.07. The van der Waals surface area contributed by atoms with Gasteiger partial charge in [0.2, 0.25) is 0 Å². The molecule has 0 radical (unpaired) electrons. The summed E-state index contributed by atoms with van der Waals surface area (Å²) >= 11 is 0. The molecule has 0 atom stereocenters. The van der Waals surface area contributed by atoms with Gasteiger partial charge in [0.25, 0.3) is 5.91 Å². The van der Waals surface area contributed by atoms with Gasteiger partial charge in [-0.15, -0.1) is 0 Å². The van der Waals surface area contributed by atoms with Gasteiger partial charge in [-0.3, -0.25) is 4.79 Å². The minimum Gasteiger partial charge on any atom is -0.361 e. The van der Waals surface area contributed by atoms with Crippen molar-refractivity contribution in [1.29, 1.82) is 0 Å². The van der Waals surface area contributed by atoms with Crippen LogP contribution in [0.15, 0.2) is 27.3 Å². The number of carbonyl (C=O) groups is 1. The molecule has 7 nitrogen and oxygen atoms in total. The van der Waals surface area contributed by atoms with Crippen molar-refractivity contribution >= 4 is 17.7 Å². The number of aromatic amines is 1. The summed E-state index contributed by atoms with van der Waals surface area (Å²) in [5, 5.41) is 7.99. The van der Waals surface area contributed by atoms with E-state index >= 15 is 0 Å². The molecule has 2 aromatic rings. The molecule has 0 saturated carbocycles. The zero-order valence-corrected chi connectivity index (χ0v) is 13.6. The second-order valence-corrected chi connectivity index (χ2v) is 5.89. The van der Waals surface area contributed by atoms with Crippen LogP contribution in [0.5, 0.6) is 0 Å². The van der Waals surface area contributed by atoms with Crippen molar-refractivity contribution in [3.63, 3.8) is 0 Å². The summed E-state index contributed by atoms with van der Waals surface area (Å²) in [7, 11) is 4.04. The average Bonchev–Trinajstić information content (AvgIpc) is 3.13. The van der Waals surface area contributed by atoms with Gasteiger partial charge >= 0.3 is 0 Å². The zero-order valence-electron chi connectivity index (χ0n) is 13.6. The number of nitrogens with zero attached hydrogens (tertiary/aromatic N) is 3. The predicted molar refractivity (Wildman–Crippen MR) is 86.8 cm³/mol. The number of nitrogens with one attached hydrogen (secondary N) is 2. The Labute approximate surface area is 134 Å². The van der Waals surface area contributed by atoms with E-state index in [4.69, 9.17) is 4.52 Å². The van der Waals surface area contributed by atoms with Crippen LogP contribution < -0.4 is 5.43 Å². The minimum atomic E-state index is -0.248. The van der Waals surface area contributed by atoms with Crippen molar-refractivity contribution in [1.82, 2.24) is 20.5 Å². The van der Waals surface area contributed by atoms with Crippen LogP contribution in [0.2, 0.25) is 0 Å². The molecule has 120 valence electrons. The highest BCUT2D eigenvalue weighted by Crippen LogP contribution is 2.19. The first-order valence-electron chi connectivity index (χ1n) is 7.31. The van der Waals surface area contributed by atoms with Gasteiger partial charge in [0, 0.05) is 24.0 Å². The van der Waals surface area contributed by atoms with Crippen LogP contribution in [0.1, 0.15) is 28.4 Å². The van der Waals surface area contributed by atoms with Gasteiger partial charge in [-0.25, -0.2) is 5.43 Å². The van der Waals surface area contributed by atoms with E-state index in [0.717, 1.165) is 17.9 Å². The van der Waals surface area contributed by atoms with Crippen molar-refractivity contribution in [2.75, 3.05) is 14.1 Å². The molecular formula is C16H19N5O2. The SMILES string of the molecule is Cc1cc(C2=NNC(=O)C2=Cc2cc(CN(C)C)c(C)[nH]2)no1. The van der Waals surface area contributed by atoms with Crippen molar-refractivity contribution in [2.24, 2.45) is 5.10 Å². The topological polar surface area (TPSA) is 86.5 Å². The van der Waals surface area contributed by atoms with Gasteiger partial charge in [0.1, 0.15) is 17.2 Å². The van der Waals surface area contributed by atoms with Gasteiger partial charge in [-0.2, -0.15) is 5.10 Å². The standard InChI is InChI=1S/C16H19N5O2/c1-9-5-14(20-23-9)15-13(16(22)19-18-15)7-12-6-11(8-21(3)4)10(2)17-12/h5-7,17H,8H2,1-4H3,(H,19,22). The lowest BCUT2D eigenvalue weighted by Gasteiger charge is -2.07. The minimum absolute atomic E-state index is 0.248. The highest BCUT2D eigenvalue weighted by molar-refractivity contribution is 6.32. The molecule has 0 aliphatic carbocycles. The molecule has 1 aliphatic heterocycles. The molecule has 2 aromatic heterocycles. The van der Waals surface area contributed by atoms with Crippen LogP contribution >= 0.6 is 0 Å². The highest BCUT2D eigenvalue weighted by Gasteiger charge is 2.26. The molecule has 0 unspecified atom stereocenters. The predicted octanol–water partition coefficient (Wildman–Crippen LogP) is 1.60. The van der Waals surface area contributed by atoms with Crippen LogP contribution in [0, 0.1) is 13.8 Å². The number of hydrogen-bond acceptors (Lipinski definition) is 5. The Morgan fingerprint density at radius 3 is 2.74 bits per heavy atom. The van der Waals surface area contributed by atoms with E-state index in [1.165, 1.54) is 5.56 Å². The molecule has 3 rings (SSSR count). The Morgan fingerprint density at radius 1 is 1.30 bits per heavy atom. The van der Waals surface area contributed by atoms with Crippen LogP contribution in [-0.4, -0.2) is 40.8 Å². The Bertz CT molecular complexity index is 810. The lowest BCUT2D eigenvalue weighted by atomic mass is 10.1. The molecular weight excluding hydrogens is 294 g/mol. The fourth-order valence-electron chi connectivity index (χ4n) is 2.51. The third-order valence-electron chi connectivity index (χ3n) is 3.57. The summed E-state index contributed by atoms with van der Waals surface area (Å²) in [5.74, 6) is 0.424. The first-order chi connectivity index (χ1) is 10.9. The van der Waals surface area contributed by atoms with Crippen molar-refractivity contribution in [2.45, 2.75) is 20.4 Å². The molecule has 3 heterocycles. The van der Waals surface area contributed by atoms with Gasteiger partial charge in [-0.05, 0) is 45.6 Å². The Kier molecular flexibility index (Phi) is 3.87. The summed E-state index contributed by atoms with van der Waals surface area (Å²) in [5.41, 5.74) is 7.12. The molecule has 0 saturated heterocycles. The molecule has 23 heavy (non-hydrogen) atoms. The molecule has 0 spiro atoms. The van der Waals surface area contributed by atoms with E-state index in [2.05, 4.69) is 25.6 Å². The Morgan fingerprint density at radius 2 is 2.09 bits per heavy atom. The normalized spacial score (nSPS) is 16.3. The smallest absolute Gasteiger partial charge is 0.273 e. The maximum atomic E-state index is 12.1. The van der Waals surface area contributed by atoms with E-state index in [1.54, 1.807) is 19.1 Å². The van der Waals surface area contributed by atoms with E-state index in [9.17, 15) is 4.79 Å². The Balaban J connectivity index is 1.94. The van der Waals surface area contributed by atoms with E-state index < -0.39 is 0 Å². The summed E-state index contributed by atoms with van der Waals surface area (Å²) in [6, 6.07) is 3.80.